The van der Waals surface area contributed by atoms with Crippen molar-refractivity contribution in [1.29, 1.82) is 0 Å². The number of nitrogens with zero attached hydrogens (tertiary/aromatic N) is 3. The van der Waals surface area contributed by atoms with E-state index in [0.29, 0.717) is 0 Å². The number of fused-ring (bicyclic) bond motifs is 1. The molecule has 2 aliphatic rings. The minimum Gasteiger partial charge on any atom is -0.494 e. The molecule has 27 heavy (non-hydrogen) atoms. The van der Waals surface area contributed by atoms with E-state index in [-0.39, 0.29) is 0 Å². The highest BCUT2D eigenvalue weighted by molar-refractivity contribution is 5.80. The SMILES string of the molecule is CN=C(NCc1ccc(OCCCN(C)C)cc1)N1CC2CCCCC2C1. The Balaban J connectivity index is 1.43. The maximum Gasteiger partial charge on any atom is 0.193 e. The third kappa shape index (κ3) is 5.86. The van der Waals surface area contributed by atoms with Crippen LogP contribution in [0.4, 0.5) is 0 Å². The standard InChI is InChI=1S/C22H36N4O/c1-23-22(26-16-19-7-4-5-8-20(19)17-26)24-15-18-9-11-21(12-10-18)27-14-6-13-25(2)3/h9-12,19-20H,4-8,13-17H2,1-3H3,(H,23,24). The molecule has 3 rings (SSSR count). The summed E-state index contributed by atoms with van der Waals surface area (Å²) in [5.74, 6) is 3.75. The molecule has 1 aromatic rings. The van der Waals surface area contributed by atoms with Crippen LogP contribution in [-0.4, -0.2) is 63.1 Å². The predicted molar refractivity (Wildman–Crippen MR) is 112 cm³/mol. The van der Waals surface area contributed by atoms with Crippen molar-refractivity contribution in [3.8, 4) is 5.75 Å². The zero-order valence-electron chi connectivity index (χ0n) is 17.3. The van der Waals surface area contributed by atoms with Crippen LogP contribution >= 0.6 is 0 Å². The minimum atomic E-state index is 0.764. The normalized spacial score (nSPS) is 22.8. The highest BCUT2D eigenvalue weighted by atomic mass is 16.5. The molecule has 2 unspecified atom stereocenters. The fourth-order valence-corrected chi connectivity index (χ4v) is 4.37. The second kappa shape index (κ2) is 9.98. The molecule has 0 spiro atoms. The summed E-state index contributed by atoms with van der Waals surface area (Å²) < 4.78 is 5.81. The number of guanidine groups is 1. The molecule has 2 atom stereocenters. The Kier molecular flexibility index (Phi) is 7.39. The maximum absolute atomic E-state index is 5.81. The van der Waals surface area contributed by atoms with Gasteiger partial charge in [0.25, 0.3) is 0 Å². The lowest BCUT2D eigenvalue weighted by Crippen LogP contribution is -2.39. The first-order chi connectivity index (χ1) is 13.2. The molecular weight excluding hydrogens is 336 g/mol. The van der Waals surface area contributed by atoms with Gasteiger partial charge in [-0.05, 0) is 62.9 Å². The van der Waals surface area contributed by atoms with Crippen molar-refractivity contribution >= 4 is 5.96 Å². The van der Waals surface area contributed by atoms with E-state index in [1.807, 2.05) is 7.05 Å². The van der Waals surface area contributed by atoms with Crippen LogP contribution in [0.1, 0.15) is 37.7 Å². The molecule has 0 bridgehead atoms. The zero-order valence-corrected chi connectivity index (χ0v) is 17.3. The van der Waals surface area contributed by atoms with Gasteiger partial charge >= 0.3 is 0 Å². The maximum atomic E-state index is 5.81. The first-order valence-electron chi connectivity index (χ1n) is 10.5. The van der Waals surface area contributed by atoms with Crippen LogP contribution in [0.3, 0.4) is 0 Å². The van der Waals surface area contributed by atoms with Gasteiger partial charge in [0.05, 0.1) is 6.61 Å². The van der Waals surface area contributed by atoms with Gasteiger partial charge in [0.2, 0.25) is 0 Å². The molecule has 1 aromatic carbocycles. The fourth-order valence-electron chi connectivity index (χ4n) is 4.37. The van der Waals surface area contributed by atoms with Crippen LogP contribution in [0.2, 0.25) is 0 Å². The molecule has 1 N–H and O–H groups in total. The first kappa shape index (κ1) is 20.0. The van der Waals surface area contributed by atoms with E-state index in [4.69, 9.17) is 4.74 Å². The Labute approximate surface area is 164 Å². The molecule has 1 heterocycles. The molecule has 0 radical (unpaired) electrons. The molecule has 1 aliphatic carbocycles. The van der Waals surface area contributed by atoms with Crippen molar-refractivity contribution < 1.29 is 4.74 Å². The van der Waals surface area contributed by atoms with Crippen LogP contribution in [-0.2, 0) is 6.54 Å². The van der Waals surface area contributed by atoms with E-state index in [2.05, 4.69) is 58.5 Å². The number of aliphatic imine (C=N–C) groups is 1. The number of rotatable bonds is 7. The van der Waals surface area contributed by atoms with Crippen LogP contribution in [0, 0.1) is 11.8 Å². The number of ether oxygens (including phenoxy) is 1. The van der Waals surface area contributed by atoms with Gasteiger partial charge in [0.15, 0.2) is 5.96 Å². The summed E-state index contributed by atoms with van der Waals surface area (Å²) in [6.07, 6.45) is 6.65. The average molecular weight is 373 g/mol. The van der Waals surface area contributed by atoms with E-state index in [9.17, 15) is 0 Å². The highest BCUT2D eigenvalue weighted by Gasteiger charge is 2.35. The Morgan fingerprint density at radius 1 is 1.15 bits per heavy atom. The van der Waals surface area contributed by atoms with Gasteiger partial charge in [-0.25, -0.2) is 0 Å². The van der Waals surface area contributed by atoms with Crippen LogP contribution < -0.4 is 10.1 Å². The topological polar surface area (TPSA) is 40.1 Å². The Morgan fingerprint density at radius 3 is 2.41 bits per heavy atom. The molecule has 0 aromatic heterocycles. The van der Waals surface area contributed by atoms with Gasteiger partial charge in [-0.15, -0.1) is 0 Å². The predicted octanol–water partition coefficient (Wildman–Crippen LogP) is 3.21. The molecule has 2 fully saturated rings. The fraction of sp³-hybridized carbons (Fsp3) is 0.682. The minimum absolute atomic E-state index is 0.764. The first-order valence-corrected chi connectivity index (χ1v) is 10.5. The second-order valence-electron chi connectivity index (χ2n) is 8.26. The highest BCUT2D eigenvalue weighted by Crippen LogP contribution is 2.35. The van der Waals surface area contributed by atoms with Crippen molar-refractivity contribution in [2.24, 2.45) is 16.8 Å². The molecule has 5 nitrogen and oxygen atoms in total. The molecule has 0 amide bonds. The van der Waals surface area contributed by atoms with E-state index in [1.165, 1.54) is 44.3 Å². The third-order valence-corrected chi connectivity index (χ3v) is 5.88. The zero-order chi connectivity index (χ0) is 19.1. The van der Waals surface area contributed by atoms with Crippen LogP contribution in [0.15, 0.2) is 29.3 Å². The second-order valence-corrected chi connectivity index (χ2v) is 8.26. The average Bonchev–Trinajstić information content (AvgIpc) is 3.10. The molecular formula is C22H36N4O. The summed E-state index contributed by atoms with van der Waals surface area (Å²) in [6.45, 7) is 4.96. The van der Waals surface area contributed by atoms with Gasteiger partial charge in [0.1, 0.15) is 5.75 Å². The van der Waals surface area contributed by atoms with Gasteiger partial charge in [-0.1, -0.05) is 25.0 Å². The molecule has 1 aliphatic heterocycles. The van der Waals surface area contributed by atoms with Crippen LogP contribution in [0.25, 0.3) is 0 Å². The largest absolute Gasteiger partial charge is 0.494 e. The molecule has 1 saturated heterocycles. The van der Waals surface area contributed by atoms with E-state index in [1.54, 1.807) is 0 Å². The van der Waals surface area contributed by atoms with Gasteiger partial charge in [-0.3, -0.25) is 4.99 Å². The molecule has 5 heteroatoms. The summed E-state index contributed by atoms with van der Waals surface area (Å²) >= 11 is 0. The van der Waals surface area contributed by atoms with E-state index < -0.39 is 0 Å². The van der Waals surface area contributed by atoms with Crippen molar-refractivity contribution in [2.45, 2.75) is 38.6 Å². The number of benzene rings is 1. The van der Waals surface area contributed by atoms with E-state index in [0.717, 1.165) is 49.7 Å². The lowest BCUT2D eigenvalue weighted by Gasteiger charge is -2.22. The summed E-state index contributed by atoms with van der Waals surface area (Å²) in [4.78, 5) is 9.17. The summed E-state index contributed by atoms with van der Waals surface area (Å²) in [7, 11) is 6.08. The van der Waals surface area contributed by atoms with Crippen LogP contribution in [0.5, 0.6) is 5.75 Å². The van der Waals surface area contributed by atoms with Gasteiger partial charge in [-0.2, -0.15) is 0 Å². The summed E-state index contributed by atoms with van der Waals surface area (Å²) in [5.41, 5.74) is 1.26. The Hall–Kier alpha value is -1.75. The van der Waals surface area contributed by atoms with Gasteiger partial charge < -0.3 is 19.9 Å². The molecule has 1 saturated carbocycles. The lowest BCUT2D eigenvalue weighted by molar-refractivity contribution is 0.281. The van der Waals surface area contributed by atoms with Crippen molar-refractivity contribution in [1.82, 2.24) is 15.1 Å². The Bertz CT molecular complexity index is 585. The summed E-state index contributed by atoms with van der Waals surface area (Å²) in [5, 5.41) is 3.55. The van der Waals surface area contributed by atoms with Crippen molar-refractivity contribution in [3.63, 3.8) is 0 Å². The smallest absolute Gasteiger partial charge is 0.193 e. The number of hydrogen-bond acceptors (Lipinski definition) is 3. The van der Waals surface area contributed by atoms with Gasteiger partial charge in [0, 0.05) is 33.2 Å². The Morgan fingerprint density at radius 2 is 1.81 bits per heavy atom. The van der Waals surface area contributed by atoms with Crippen molar-refractivity contribution in [2.75, 3.05) is 47.4 Å². The monoisotopic (exact) mass is 372 g/mol. The number of nitrogens with one attached hydrogen (secondary N) is 1. The van der Waals surface area contributed by atoms with Crippen molar-refractivity contribution in [3.05, 3.63) is 29.8 Å². The third-order valence-electron chi connectivity index (χ3n) is 5.88. The summed E-state index contributed by atoms with van der Waals surface area (Å²) in [6, 6.07) is 8.43. The lowest BCUT2D eigenvalue weighted by atomic mass is 9.82. The quantitative estimate of drug-likeness (QED) is 0.453. The molecule has 150 valence electrons. The van der Waals surface area contributed by atoms with E-state index >= 15 is 0 Å². The number of hydrogen-bond donors (Lipinski definition) is 1. The number of likely N-dealkylation sites (tertiary alicyclic amines) is 1.